The number of fused-ring (bicyclic) bond motifs is 1. The molecule has 12 heteroatoms. The van der Waals surface area contributed by atoms with E-state index in [1.54, 1.807) is 19.2 Å². The van der Waals surface area contributed by atoms with Gasteiger partial charge >= 0.3 is 6.18 Å². The van der Waals surface area contributed by atoms with Crippen molar-refractivity contribution in [1.82, 2.24) is 24.5 Å². The van der Waals surface area contributed by atoms with Gasteiger partial charge in [0.2, 0.25) is 5.91 Å². The predicted octanol–water partition coefficient (Wildman–Crippen LogP) is 2.70. The van der Waals surface area contributed by atoms with Gasteiger partial charge in [0.25, 0.3) is 5.56 Å². The summed E-state index contributed by atoms with van der Waals surface area (Å²) in [6.07, 6.45) is -3.51. The molecule has 0 radical (unpaired) electrons. The molecule has 1 amide bonds. The fourth-order valence-corrected chi connectivity index (χ4v) is 3.23. The van der Waals surface area contributed by atoms with Crippen LogP contribution in [0.25, 0.3) is 11.2 Å². The molecule has 0 fully saturated rings. The molecule has 0 aliphatic rings. The lowest BCUT2D eigenvalue weighted by Crippen LogP contribution is -2.28. The average Bonchev–Trinajstić information content (AvgIpc) is 3.19. The van der Waals surface area contributed by atoms with Crippen molar-refractivity contribution in [2.24, 2.45) is 0 Å². The van der Waals surface area contributed by atoms with E-state index < -0.39 is 35.4 Å². The quantitative estimate of drug-likeness (QED) is 0.477. The summed E-state index contributed by atoms with van der Waals surface area (Å²) in [5.41, 5.74) is -1.04. The Morgan fingerprint density at radius 3 is 2.70 bits per heavy atom. The summed E-state index contributed by atoms with van der Waals surface area (Å²) in [6, 6.07) is 11.8. The van der Waals surface area contributed by atoms with Crippen LogP contribution in [0.3, 0.4) is 0 Å². The second kappa shape index (κ2) is 8.73. The van der Waals surface area contributed by atoms with Gasteiger partial charge in [-0.3, -0.25) is 14.2 Å². The first kappa shape index (κ1) is 22.0. The SMILES string of the molecule is COc1cccc(Cn2nnc3c(=O)n(CC(=O)Nc4ccccc4C(F)(F)F)cnc32)c1. The summed E-state index contributed by atoms with van der Waals surface area (Å²) >= 11 is 0. The van der Waals surface area contributed by atoms with Crippen molar-refractivity contribution in [3.05, 3.63) is 76.3 Å². The number of amides is 1. The van der Waals surface area contributed by atoms with Gasteiger partial charge in [0.15, 0.2) is 11.2 Å². The Kier molecular flexibility index (Phi) is 5.82. The summed E-state index contributed by atoms with van der Waals surface area (Å²) in [4.78, 5) is 29.2. The van der Waals surface area contributed by atoms with E-state index in [-0.39, 0.29) is 17.7 Å². The Labute approximate surface area is 184 Å². The van der Waals surface area contributed by atoms with E-state index >= 15 is 0 Å². The van der Waals surface area contributed by atoms with Crippen LogP contribution in [0.4, 0.5) is 18.9 Å². The number of aromatic nitrogens is 5. The molecule has 0 saturated heterocycles. The number of halogens is 3. The van der Waals surface area contributed by atoms with Gasteiger partial charge in [-0.2, -0.15) is 13.2 Å². The number of hydrogen-bond acceptors (Lipinski definition) is 6. The molecule has 2 heterocycles. The highest BCUT2D eigenvalue weighted by Crippen LogP contribution is 2.34. The number of nitrogens with zero attached hydrogens (tertiary/aromatic N) is 5. The number of hydrogen-bond donors (Lipinski definition) is 1. The highest BCUT2D eigenvalue weighted by molar-refractivity contribution is 5.91. The number of anilines is 1. The molecule has 4 rings (SSSR count). The van der Waals surface area contributed by atoms with E-state index in [9.17, 15) is 22.8 Å². The topological polar surface area (TPSA) is 104 Å². The van der Waals surface area contributed by atoms with Gasteiger partial charge in [0, 0.05) is 0 Å². The minimum absolute atomic E-state index is 0.0658. The summed E-state index contributed by atoms with van der Waals surface area (Å²) in [7, 11) is 1.55. The van der Waals surface area contributed by atoms with Crippen molar-refractivity contribution in [1.29, 1.82) is 0 Å². The van der Waals surface area contributed by atoms with Gasteiger partial charge in [-0.05, 0) is 29.8 Å². The Morgan fingerprint density at radius 2 is 1.94 bits per heavy atom. The Balaban J connectivity index is 1.55. The third-order valence-corrected chi connectivity index (χ3v) is 4.78. The van der Waals surface area contributed by atoms with Crippen molar-refractivity contribution in [3.8, 4) is 5.75 Å². The fourth-order valence-electron chi connectivity index (χ4n) is 3.23. The minimum atomic E-state index is -4.64. The molecule has 0 spiro atoms. The normalized spacial score (nSPS) is 11.5. The number of para-hydroxylation sites is 1. The van der Waals surface area contributed by atoms with Gasteiger partial charge < -0.3 is 10.1 Å². The smallest absolute Gasteiger partial charge is 0.418 e. The van der Waals surface area contributed by atoms with E-state index in [2.05, 4.69) is 20.6 Å². The van der Waals surface area contributed by atoms with E-state index in [0.717, 1.165) is 28.6 Å². The Morgan fingerprint density at radius 1 is 1.15 bits per heavy atom. The third-order valence-electron chi connectivity index (χ3n) is 4.78. The molecular formula is C21H17F3N6O3. The molecule has 0 unspecified atom stereocenters. The van der Waals surface area contributed by atoms with Crippen molar-refractivity contribution in [2.45, 2.75) is 19.3 Å². The first-order valence-electron chi connectivity index (χ1n) is 9.64. The van der Waals surface area contributed by atoms with Crippen molar-refractivity contribution >= 4 is 22.8 Å². The van der Waals surface area contributed by atoms with Crippen LogP contribution in [0.15, 0.2) is 59.7 Å². The molecule has 0 atom stereocenters. The van der Waals surface area contributed by atoms with Crippen LogP contribution in [0, 0.1) is 0 Å². The van der Waals surface area contributed by atoms with Crippen LogP contribution in [0.5, 0.6) is 5.75 Å². The van der Waals surface area contributed by atoms with Crippen molar-refractivity contribution in [2.75, 3.05) is 12.4 Å². The molecule has 0 saturated carbocycles. The molecule has 4 aromatic rings. The van der Waals surface area contributed by atoms with Gasteiger partial charge in [-0.25, -0.2) is 9.67 Å². The fraction of sp³-hybridized carbons (Fsp3) is 0.190. The standard InChI is InChI=1S/C21H17F3N6O3/c1-33-14-6-4-5-13(9-14)10-30-19-18(27-28-30)20(32)29(12-25-19)11-17(31)26-16-8-3-2-7-15(16)21(22,23)24/h2-9,12H,10-11H2,1H3,(H,26,31). The maximum atomic E-state index is 13.1. The first-order chi connectivity index (χ1) is 15.8. The predicted molar refractivity (Wildman–Crippen MR) is 112 cm³/mol. The van der Waals surface area contributed by atoms with E-state index in [1.807, 2.05) is 12.1 Å². The van der Waals surface area contributed by atoms with Gasteiger partial charge in [0.1, 0.15) is 18.6 Å². The summed E-state index contributed by atoms with van der Waals surface area (Å²) in [6.45, 7) is -0.268. The van der Waals surface area contributed by atoms with E-state index in [4.69, 9.17) is 4.74 Å². The molecule has 9 nitrogen and oxygen atoms in total. The van der Waals surface area contributed by atoms with Crippen molar-refractivity contribution in [3.63, 3.8) is 0 Å². The second-order valence-electron chi connectivity index (χ2n) is 7.04. The van der Waals surface area contributed by atoms with E-state index in [0.29, 0.717) is 5.75 Å². The molecule has 2 aromatic carbocycles. The lowest BCUT2D eigenvalue weighted by atomic mass is 10.1. The molecule has 170 valence electrons. The zero-order valence-electron chi connectivity index (χ0n) is 17.2. The summed E-state index contributed by atoms with van der Waals surface area (Å²) in [5, 5.41) is 10.0. The zero-order chi connectivity index (χ0) is 23.6. The van der Waals surface area contributed by atoms with Crippen molar-refractivity contribution < 1.29 is 22.7 Å². The lowest BCUT2D eigenvalue weighted by Gasteiger charge is -2.13. The van der Waals surface area contributed by atoms with Crippen LogP contribution in [0.1, 0.15) is 11.1 Å². The summed E-state index contributed by atoms with van der Waals surface area (Å²) in [5.74, 6) is -0.163. The first-order valence-corrected chi connectivity index (χ1v) is 9.64. The van der Waals surface area contributed by atoms with Gasteiger partial charge in [-0.1, -0.05) is 29.5 Å². The molecule has 0 aliphatic heterocycles. The monoisotopic (exact) mass is 458 g/mol. The Bertz CT molecular complexity index is 1380. The van der Waals surface area contributed by atoms with Crippen LogP contribution >= 0.6 is 0 Å². The number of rotatable bonds is 6. The largest absolute Gasteiger partial charge is 0.497 e. The van der Waals surface area contributed by atoms with Crippen LogP contribution in [0.2, 0.25) is 0 Å². The molecular weight excluding hydrogens is 441 g/mol. The lowest BCUT2D eigenvalue weighted by molar-refractivity contribution is -0.137. The van der Waals surface area contributed by atoms with Gasteiger partial charge in [-0.15, -0.1) is 5.10 Å². The Hall–Kier alpha value is -4.22. The maximum absolute atomic E-state index is 13.1. The van der Waals surface area contributed by atoms with Gasteiger partial charge in [0.05, 0.1) is 24.9 Å². The number of ether oxygens (including phenoxy) is 1. The highest BCUT2D eigenvalue weighted by atomic mass is 19.4. The number of alkyl halides is 3. The van der Waals surface area contributed by atoms with E-state index in [1.165, 1.54) is 16.8 Å². The van der Waals surface area contributed by atoms with Crippen LogP contribution in [-0.2, 0) is 24.1 Å². The average molecular weight is 458 g/mol. The third kappa shape index (κ3) is 4.68. The summed E-state index contributed by atoms with van der Waals surface area (Å²) < 4.78 is 46.9. The number of benzene rings is 2. The zero-order valence-corrected chi connectivity index (χ0v) is 17.2. The number of carbonyl (C=O) groups is 1. The highest BCUT2D eigenvalue weighted by Gasteiger charge is 2.33. The van der Waals surface area contributed by atoms with Crippen LogP contribution < -0.4 is 15.6 Å². The minimum Gasteiger partial charge on any atom is -0.497 e. The molecule has 0 aliphatic carbocycles. The maximum Gasteiger partial charge on any atom is 0.418 e. The van der Waals surface area contributed by atoms with Crippen LogP contribution in [-0.4, -0.2) is 37.6 Å². The molecule has 0 bridgehead atoms. The number of carbonyl (C=O) groups excluding carboxylic acids is 1. The second-order valence-corrected chi connectivity index (χ2v) is 7.04. The molecule has 2 aromatic heterocycles. The number of methoxy groups -OCH3 is 1. The molecule has 33 heavy (non-hydrogen) atoms. The molecule has 1 N–H and O–H groups in total. The number of nitrogens with one attached hydrogen (secondary N) is 1.